The number of aromatic hydroxyl groups is 1. The molecule has 0 saturated carbocycles. The number of amides is 1. The molecule has 1 aliphatic rings. The zero-order valence-corrected chi connectivity index (χ0v) is 19.5. The molecule has 0 bridgehead atoms. The summed E-state index contributed by atoms with van der Waals surface area (Å²) in [6.45, 7) is 1.48. The number of carbonyl (C=O) groups excluding carboxylic acids is 1. The number of hydrazone groups is 1. The molecule has 1 heterocycles. The van der Waals surface area contributed by atoms with E-state index in [-0.39, 0.29) is 33.8 Å². The van der Waals surface area contributed by atoms with Crippen molar-refractivity contribution < 1.29 is 53.2 Å². The van der Waals surface area contributed by atoms with Gasteiger partial charge >= 0.3 is 5.91 Å². The van der Waals surface area contributed by atoms with Crippen LogP contribution in [-0.4, -0.2) is 53.5 Å². The van der Waals surface area contributed by atoms with Crippen LogP contribution in [0.25, 0.3) is 0 Å². The summed E-state index contributed by atoms with van der Waals surface area (Å²) in [4.78, 5) is 9.20. The summed E-state index contributed by atoms with van der Waals surface area (Å²) in [7, 11) is -9.28. The van der Waals surface area contributed by atoms with Gasteiger partial charge in [-0.2, -0.15) is 37.2 Å². The number of anilines is 1. The first-order chi connectivity index (χ1) is 14.3. The van der Waals surface area contributed by atoms with Crippen molar-refractivity contribution >= 4 is 54.8 Å². The van der Waals surface area contributed by atoms with Crippen LogP contribution in [0, 0.1) is 0 Å². The van der Waals surface area contributed by atoms with Crippen molar-refractivity contribution in [2.75, 3.05) is 5.01 Å². The number of benzene rings is 2. The van der Waals surface area contributed by atoms with Crippen molar-refractivity contribution in [3.63, 3.8) is 0 Å². The van der Waals surface area contributed by atoms with Crippen LogP contribution in [0.5, 0.6) is 5.75 Å². The maximum atomic E-state index is 11.4. The Morgan fingerprint density at radius 3 is 2.38 bits per heavy atom. The SMILES string of the molecule is CC1=NN(c2cccc(S(=O)(=O)O)c2)C(=[OH+])C1N=Nc1cc(Cl)cc(S(=O)(=O)O)c1O.[Cr]. The van der Waals surface area contributed by atoms with Gasteiger partial charge in [-0.25, -0.2) is 0 Å². The van der Waals surface area contributed by atoms with Gasteiger partial charge in [0, 0.05) is 22.4 Å². The molecule has 0 saturated heterocycles. The summed E-state index contributed by atoms with van der Waals surface area (Å²) < 4.78 is 63.7. The largest absolute Gasteiger partial charge is 0.504 e. The molecule has 1 aliphatic heterocycles. The molecule has 1 atom stereocenters. The molecule has 170 valence electrons. The van der Waals surface area contributed by atoms with E-state index >= 15 is 0 Å². The Labute approximate surface area is 197 Å². The van der Waals surface area contributed by atoms with Crippen molar-refractivity contribution in [1.82, 2.24) is 0 Å². The number of nitrogens with zero attached hydrogens (tertiary/aromatic N) is 4. The van der Waals surface area contributed by atoms with E-state index in [2.05, 4.69) is 15.3 Å². The third-order valence-electron chi connectivity index (χ3n) is 4.05. The first-order valence-electron chi connectivity index (χ1n) is 8.18. The maximum Gasteiger partial charge on any atom is 0.449 e. The average molecular weight is 542 g/mol. The van der Waals surface area contributed by atoms with Crippen LogP contribution in [0.3, 0.4) is 0 Å². The van der Waals surface area contributed by atoms with Crippen molar-refractivity contribution in [1.29, 1.82) is 0 Å². The minimum atomic E-state index is -4.79. The van der Waals surface area contributed by atoms with Crippen molar-refractivity contribution in [2.45, 2.75) is 22.8 Å². The molecule has 0 aliphatic carbocycles. The second-order valence-electron chi connectivity index (χ2n) is 6.25. The number of phenols is 1. The minimum absolute atomic E-state index is 0. The van der Waals surface area contributed by atoms with Gasteiger partial charge in [-0.15, -0.1) is 0 Å². The molecule has 1 amide bonds. The summed E-state index contributed by atoms with van der Waals surface area (Å²) >= 11 is 5.79. The van der Waals surface area contributed by atoms with Gasteiger partial charge in [0.25, 0.3) is 20.2 Å². The summed E-state index contributed by atoms with van der Waals surface area (Å²) in [5, 5.41) is 22.4. The van der Waals surface area contributed by atoms with Crippen molar-refractivity contribution in [2.24, 2.45) is 15.3 Å². The number of hydrogen-bond acceptors (Lipinski definition) is 8. The molecular formula is C16H14ClCrN4O8S2+. The molecule has 16 heteroatoms. The maximum absolute atomic E-state index is 11.4. The van der Waals surface area contributed by atoms with Gasteiger partial charge in [0.1, 0.15) is 10.6 Å². The summed E-state index contributed by atoms with van der Waals surface area (Å²) in [6, 6.07) is 5.70. The first-order valence-corrected chi connectivity index (χ1v) is 11.4. The average Bonchev–Trinajstić information content (AvgIpc) is 2.94. The number of hydrogen-bond donors (Lipinski definition) is 3. The molecule has 4 N–H and O–H groups in total. The summed E-state index contributed by atoms with van der Waals surface area (Å²) in [5.74, 6) is -1.38. The second kappa shape index (κ2) is 9.24. The van der Waals surface area contributed by atoms with Crippen LogP contribution in [0.15, 0.2) is 61.5 Å². The minimum Gasteiger partial charge on any atom is -0.504 e. The van der Waals surface area contributed by atoms with Crippen LogP contribution in [0.1, 0.15) is 6.92 Å². The Hall–Kier alpha value is -2.38. The smallest absolute Gasteiger partial charge is 0.449 e. The first kappa shape index (κ1) is 25.9. The van der Waals surface area contributed by atoms with Crippen LogP contribution < -0.4 is 5.01 Å². The molecule has 0 aromatic heterocycles. The predicted octanol–water partition coefficient (Wildman–Crippen LogP) is 2.39. The molecule has 2 aromatic carbocycles. The van der Waals surface area contributed by atoms with Crippen molar-refractivity contribution in [3.8, 4) is 5.75 Å². The van der Waals surface area contributed by atoms with E-state index < -0.39 is 53.4 Å². The van der Waals surface area contributed by atoms with Crippen molar-refractivity contribution in [3.05, 3.63) is 41.4 Å². The van der Waals surface area contributed by atoms with Gasteiger partial charge in [-0.05, 0) is 37.3 Å². The number of phenolic OH excluding ortho intramolecular Hbond substituents is 1. The second-order valence-corrected chi connectivity index (χ2v) is 9.50. The summed E-state index contributed by atoms with van der Waals surface area (Å²) in [6.07, 6.45) is 0. The third-order valence-corrected chi connectivity index (χ3v) is 5.99. The van der Waals surface area contributed by atoms with Gasteiger partial charge in [0.2, 0.25) is 6.04 Å². The van der Waals surface area contributed by atoms with Crippen LogP contribution in [0.4, 0.5) is 11.4 Å². The monoisotopic (exact) mass is 541 g/mol. The third kappa shape index (κ3) is 5.33. The van der Waals surface area contributed by atoms with Crippen LogP contribution >= 0.6 is 11.6 Å². The van der Waals surface area contributed by atoms with Gasteiger partial charge in [0.15, 0.2) is 5.75 Å². The van der Waals surface area contributed by atoms with E-state index in [4.69, 9.17) is 11.6 Å². The molecule has 1 unspecified atom stereocenters. The molecule has 0 fully saturated rings. The zero-order chi connectivity index (χ0) is 23.1. The Bertz CT molecular complexity index is 1360. The number of halogens is 1. The van der Waals surface area contributed by atoms with E-state index in [9.17, 15) is 35.8 Å². The molecule has 0 spiro atoms. The zero-order valence-electron chi connectivity index (χ0n) is 15.9. The fourth-order valence-electron chi connectivity index (χ4n) is 2.62. The molecule has 3 rings (SSSR count). The predicted molar refractivity (Wildman–Crippen MR) is 110 cm³/mol. The van der Waals surface area contributed by atoms with E-state index in [1.54, 1.807) is 0 Å². The summed E-state index contributed by atoms with van der Waals surface area (Å²) in [5.41, 5.74) is -0.0773. The van der Waals surface area contributed by atoms with E-state index in [0.717, 1.165) is 29.3 Å². The molecular weight excluding hydrogens is 528 g/mol. The Morgan fingerprint density at radius 1 is 1.12 bits per heavy atom. The van der Waals surface area contributed by atoms with Crippen LogP contribution in [0.2, 0.25) is 5.02 Å². The molecule has 32 heavy (non-hydrogen) atoms. The Kier molecular flexibility index (Phi) is 7.47. The van der Waals surface area contributed by atoms with E-state index in [1.165, 1.54) is 19.1 Å². The van der Waals surface area contributed by atoms with E-state index in [0.29, 0.717) is 0 Å². The fourth-order valence-corrected chi connectivity index (χ4v) is 4.04. The Balaban J connectivity index is 0.00000363. The van der Waals surface area contributed by atoms with Gasteiger partial charge in [0.05, 0.1) is 16.3 Å². The normalized spacial score (nSPS) is 16.9. The molecule has 12 nitrogen and oxygen atoms in total. The fraction of sp³-hybridized carbons (Fsp3) is 0.125. The number of azo groups is 1. The molecule has 0 radical (unpaired) electrons. The van der Waals surface area contributed by atoms with E-state index in [1.807, 2.05) is 0 Å². The molecule has 2 aromatic rings. The Morgan fingerprint density at radius 2 is 1.78 bits per heavy atom. The van der Waals surface area contributed by atoms with Crippen LogP contribution in [-0.2, 0) is 37.6 Å². The topological polar surface area (TPSA) is 191 Å². The number of rotatable bonds is 5. The van der Waals surface area contributed by atoms with Gasteiger partial charge in [-0.3, -0.25) is 13.9 Å². The van der Waals surface area contributed by atoms with Gasteiger partial charge in [-0.1, -0.05) is 17.7 Å². The quantitative estimate of drug-likeness (QED) is 0.294. The standard InChI is InChI=1S/C16H13ClN4O8S2.Cr/c1-8-14(19-18-12-5-9(17)6-13(15(12)22)31(27,28)29)16(23)21(20-8)10-3-2-4-11(7-10)30(24,25)26;/h2-7,14,22H,1H3,(H,24,25,26)(H,27,28,29);/p+1. The van der Waals surface area contributed by atoms with Gasteiger partial charge < -0.3 is 5.11 Å².